The van der Waals surface area contributed by atoms with Crippen LogP contribution in [-0.2, 0) is 9.84 Å². The Morgan fingerprint density at radius 1 is 1.00 bits per heavy atom. The zero-order chi connectivity index (χ0) is 10.9. The molecule has 0 aromatic carbocycles. The molecule has 0 aromatic rings. The normalized spacial score (nSPS) is 37.7. The molecule has 2 rings (SSSR count). The van der Waals surface area contributed by atoms with E-state index in [4.69, 9.17) is 5.73 Å². The molecule has 0 amide bonds. The lowest BCUT2D eigenvalue weighted by atomic mass is 9.91. The lowest BCUT2D eigenvalue weighted by Crippen LogP contribution is -2.48. The molecule has 5 heteroatoms. The fourth-order valence-corrected chi connectivity index (χ4v) is 3.79. The summed E-state index contributed by atoms with van der Waals surface area (Å²) in [4.78, 5) is 2.34. The van der Waals surface area contributed by atoms with Gasteiger partial charge in [-0.2, -0.15) is 0 Å². The summed E-state index contributed by atoms with van der Waals surface area (Å²) in [6.45, 7) is 1.45. The predicted octanol–water partition coefficient (Wildman–Crippen LogP) is -0.0133. The van der Waals surface area contributed by atoms with E-state index in [1.807, 2.05) is 0 Å². The highest BCUT2D eigenvalue weighted by Crippen LogP contribution is 2.23. The summed E-state index contributed by atoms with van der Waals surface area (Å²) >= 11 is 0. The van der Waals surface area contributed by atoms with Crippen molar-refractivity contribution in [2.45, 2.75) is 37.8 Å². The molecule has 1 saturated carbocycles. The van der Waals surface area contributed by atoms with Gasteiger partial charge in [0, 0.05) is 25.2 Å². The summed E-state index contributed by atoms with van der Waals surface area (Å²) < 4.78 is 22.6. The Balaban J connectivity index is 1.86. The molecule has 0 unspecified atom stereocenters. The van der Waals surface area contributed by atoms with E-state index < -0.39 is 9.84 Å². The minimum absolute atomic E-state index is 0.343. The smallest absolute Gasteiger partial charge is 0.152 e. The molecule has 1 heterocycles. The van der Waals surface area contributed by atoms with Crippen molar-refractivity contribution < 1.29 is 8.42 Å². The van der Waals surface area contributed by atoms with E-state index in [1.165, 1.54) is 0 Å². The van der Waals surface area contributed by atoms with Crippen LogP contribution in [0.1, 0.15) is 25.7 Å². The maximum atomic E-state index is 11.3. The molecule has 0 spiro atoms. The molecule has 2 fully saturated rings. The van der Waals surface area contributed by atoms with E-state index in [9.17, 15) is 8.42 Å². The topological polar surface area (TPSA) is 63.4 Å². The molecule has 1 aliphatic heterocycles. The second-order valence-corrected chi connectivity index (χ2v) is 7.06. The fraction of sp³-hybridized carbons (Fsp3) is 1.00. The number of nitrogens with zero attached hydrogens (tertiary/aromatic N) is 1. The van der Waals surface area contributed by atoms with Gasteiger partial charge in [-0.15, -0.1) is 0 Å². The van der Waals surface area contributed by atoms with Gasteiger partial charge in [-0.3, -0.25) is 4.90 Å². The van der Waals surface area contributed by atoms with Crippen molar-refractivity contribution in [3.05, 3.63) is 0 Å². The number of hydrogen-bond acceptors (Lipinski definition) is 4. The highest BCUT2D eigenvalue weighted by molar-refractivity contribution is 7.91. The van der Waals surface area contributed by atoms with Gasteiger partial charge < -0.3 is 5.73 Å². The van der Waals surface area contributed by atoms with E-state index in [0.717, 1.165) is 38.8 Å². The molecule has 1 aliphatic carbocycles. The van der Waals surface area contributed by atoms with E-state index in [1.54, 1.807) is 0 Å². The van der Waals surface area contributed by atoms with Gasteiger partial charge in [-0.1, -0.05) is 0 Å². The molecular weight excluding hydrogens is 212 g/mol. The summed E-state index contributed by atoms with van der Waals surface area (Å²) in [5.74, 6) is 0.686. The van der Waals surface area contributed by atoms with Crippen molar-refractivity contribution in [3.8, 4) is 0 Å². The van der Waals surface area contributed by atoms with Crippen LogP contribution in [-0.4, -0.2) is 50.0 Å². The van der Waals surface area contributed by atoms with Gasteiger partial charge in [0.15, 0.2) is 9.84 Å². The van der Waals surface area contributed by atoms with E-state index in [-0.39, 0.29) is 0 Å². The molecule has 0 radical (unpaired) electrons. The highest BCUT2D eigenvalue weighted by atomic mass is 32.2. The van der Waals surface area contributed by atoms with Crippen LogP contribution in [0.25, 0.3) is 0 Å². The third kappa shape index (κ3) is 2.92. The Morgan fingerprint density at radius 3 is 2.07 bits per heavy atom. The summed E-state index contributed by atoms with van der Waals surface area (Å²) in [5.41, 5.74) is 5.86. The molecule has 0 aromatic heterocycles. The molecule has 2 aliphatic rings. The van der Waals surface area contributed by atoms with Gasteiger partial charge in [-0.05, 0) is 25.7 Å². The molecule has 0 bridgehead atoms. The molecule has 4 nitrogen and oxygen atoms in total. The van der Waals surface area contributed by atoms with Gasteiger partial charge in [0.05, 0.1) is 11.5 Å². The SMILES string of the molecule is N[C@H]1CC[C@H](N2CCS(=O)(=O)CC2)CC1. The van der Waals surface area contributed by atoms with E-state index in [2.05, 4.69) is 4.90 Å². The molecule has 15 heavy (non-hydrogen) atoms. The van der Waals surface area contributed by atoms with Crippen molar-refractivity contribution >= 4 is 9.84 Å². The predicted molar refractivity (Wildman–Crippen MR) is 60.5 cm³/mol. The van der Waals surface area contributed by atoms with Crippen LogP contribution in [0.15, 0.2) is 0 Å². The number of nitrogens with two attached hydrogens (primary N) is 1. The van der Waals surface area contributed by atoms with E-state index >= 15 is 0 Å². The van der Waals surface area contributed by atoms with Gasteiger partial charge in [0.2, 0.25) is 0 Å². The first-order valence-electron chi connectivity index (χ1n) is 5.77. The fourth-order valence-electron chi connectivity index (χ4n) is 2.56. The lowest BCUT2D eigenvalue weighted by Gasteiger charge is -2.37. The van der Waals surface area contributed by atoms with Gasteiger partial charge in [0.1, 0.15) is 0 Å². The van der Waals surface area contributed by atoms with Crippen molar-refractivity contribution in [1.82, 2.24) is 4.90 Å². The first-order chi connectivity index (χ1) is 7.07. The lowest BCUT2D eigenvalue weighted by molar-refractivity contribution is 0.161. The molecule has 0 atom stereocenters. The summed E-state index contributed by atoms with van der Waals surface area (Å²) in [6, 6.07) is 0.954. The Hall–Kier alpha value is -0.130. The Kier molecular flexibility index (Phi) is 3.33. The Bertz CT molecular complexity index is 293. The van der Waals surface area contributed by atoms with Crippen LogP contribution in [0.2, 0.25) is 0 Å². The van der Waals surface area contributed by atoms with Crippen LogP contribution in [0.4, 0.5) is 0 Å². The molecule has 88 valence electrons. The molecule has 1 saturated heterocycles. The third-order valence-corrected chi connectivity index (χ3v) is 5.25. The Labute approximate surface area is 91.7 Å². The number of rotatable bonds is 1. The summed E-state index contributed by atoms with van der Waals surface area (Å²) in [6.07, 6.45) is 4.46. The Morgan fingerprint density at radius 2 is 1.53 bits per heavy atom. The first-order valence-corrected chi connectivity index (χ1v) is 7.59. The second kappa shape index (κ2) is 4.39. The average molecular weight is 232 g/mol. The zero-order valence-electron chi connectivity index (χ0n) is 9.06. The summed E-state index contributed by atoms with van der Waals surface area (Å²) in [5, 5.41) is 0. The van der Waals surface area contributed by atoms with Gasteiger partial charge in [-0.25, -0.2) is 8.42 Å². The monoisotopic (exact) mass is 232 g/mol. The second-order valence-electron chi connectivity index (χ2n) is 4.76. The van der Waals surface area contributed by atoms with Crippen LogP contribution >= 0.6 is 0 Å². The van der Waals surface area contributed by atoms with Crippen LogP contribution in [0.3, 0.4) is 0 Å². The molecule has 2 N–H and O–H groups in total. The van der Waals surface area contributed by atoms with Crippen LogP contribution in [0, 0.1) is 0 Å². The number of sulfone groups is 1. The standard InChI is InChI=1S/C10H20N2O2S/c11-9-1-3-10(4-2-9)12-5-7-15(13,14)8-6-12/h9-10H,1-8,11H2/t9-,10-. The maximum absolute atomic E-state index is 11.3. The van der Waals surface area contributed by atoms with Crippen molar-refractivity contribution in [2.75, 3.05) is 24.6 Å². The quantitative estimate of drug-likeness (QED) is 0.690. The van der Waals surface area contributed by atoms with Gasteiger partial charge >= 0.3 is 0 Å². The minimum atomic E-state index is -2.73. The van der Waals surface area contributed by atoms with Crippen molar-refractivity contribution in [3.63, 3.8) is 0 Å². The molecular formula is C10H20N2O2S. The highest BCUT2D eigenvalue weighted by Gasteiger charge is 2.29. The maximum Gasteiger partial charge on any atom is 0.152 e. The van der Waals surface area contributed by atoms with E-state index in [0.29, 0.717) is 23.6 Å². The number of hydrogen-bond donors (Lipinski definition) is 1. The van der Waals surface area contributed by atoms with Gasteiger partial charge in [0.25, 0.3) is 0 Å². The minimum Gasteiger partial charge on any atom is -0.328 e. The summed E-state index contributed by atoms with van der Waals surface area (Å²) in [7, 11) is -2.73. The first kappa shape index (κ1) is 11.4. The van der Waals surface area contributed by atoms with Crippen LogP contribution < -0.4 is 5.73 Å². The van der Waals surface area contributed by atoms with Crippen LogP contribution in [0.5, 0.6) is 0 Å². The zero-order valence-corrected chi connectivity index (χ0v) is 9.88. The van der Waals surface area contributed by atoms with Crippen molar-refractivity contribution in [1.29, 1.82) is 0 Å². The van der Waals surface area contributed by atoms with Crippen molar-refractivity contribution in [2.24, 2.45) is 5.73 Å². The average Bonchev–Trinajstić information content (AvgIpc) is 2.20. The third-order valence-electron chi connectivity index (χ3n) is 3.64. The largest absolute Gasteiger partial charge is 0.328 e.